The van der Waals surface area contributed by atoms with Crippen LogP contribution < -0.4 is 10.6 Å². The highest BCUT2D eigenvalue weighted by Crippen LogP contribution is 2.26. The minimum absolute atomic E-state index is 0.250. The minimum atomic E-state index is -0.430. The number of anilines is 1. The number of carbonyl (C=O) groups excluding carboxylic acids is 2. The molecule has 0 aliphatic rings. The zero-order valence-electron chi connectivity index (χ0n) is 20.7. The highest BCUT2D eigenvalue weighted by molar-refractivity contribution is 6.06. The number of pyridine rings is 1. The van der Waals surface area contributed by atoms with Crippen LogP contribution in [0.4, 0.5) is 5.82 Å². The number of carbonyl (C=O) groups is 2. The SMILES string of the molecule is Cc1ccc(C(=O)Nc2ccc3c(C(=O)NCc4c[nH]c5ccccc45)nn(C(C)(C)C)c3n2)cc1. The maximum Gasteiger partial charge on any atom is 0.272 e. The average Bonchev–Trinajstić information content (AvgIpc) is 3.44. The van der Waals surface area contributed by atoms with Crippen LogP contribution in [-0.4, -0.2) is 31.6 Å². The lowest BCUT2D eigenvalue weighted by Gasteiger charge is -2.20. The molecule has 182 valence electrons. The number of hydrogen-bond donors (Lipinski definition) is 3. The van der Waals surface area contributed by atoms with Crippen molar-refractivity contribution < 1.29 is 9.59 Å². The summed E-state index contributed by atoms with van der Waals surface area (Å²) in [6.07, 6.45) is 1.90. The molecule has 36 heavy (non-hydrogen) atoms. The van der Waals surface area contributed by atoms with Gasteiger partial charge in [-0.3, -0.25) is 9.59 Å². The van der Waals surface area contributed by atoms with Gasteiger partial charge in [0.25, 0.3) is 11.8 Å². The van der Waals surface area contributed by atoms with Crippen molar-refractivity contribution in [2.75, 3.05) is 5.32 Å². The smallest absolute Gasteiger partial charge is 0.272 e. The van der Waals surface area contributed by atoms with Crippen molar-refractivity contribution >= 4 is 39.6 Å². The number of aromatic amines is 1. The first-order valence-electron chi connectivity index (χ1n) is 11.8. The van der Waals surface area contributed by atoms with Gasteiger partial charge >= 0.3 is 0 Å². The standard InChI is InChI=1S/C28H28N6O2/c1-17-9-11-18(12-10-17)26(35)32-23-14-13-21-24(33-34(25(21)31-23)28(2,3)4)27(36)30-16-19-15-29-22-8-6-5-7-20(19)22/h5-15,29H,16H2,1-4H3,(H,30,36)(H,31,32,35). The molecule has 0 atom stereocenters. The number of rotatable bonds is 5. The molecule has 0 spiro atoms. The fourth-order valence-corrected chi connectivity index (χ4v) is 4.13. The Morgan fingerprint density at radius 3 is 2.44 bits per heavy atom. The van der Waals surface area contributed by atoms with Gasteiger partial charge in [-0.2, -0.15) is 5.10 Å². The summed E-state index contributed by atoms with van der Waals surface area (Å²) < 4.78 is 1.73. The minimum Gasteiger partial charge on any atom is -0.361 e. The number of aryl methyl sites for hydroxylation is 1. The molecular formula is C28H28N6O2. The summed E-state index contributed by atoms with van der Waals surface area (Å²) in [7, 11) is 0. The van der Waals surface area contributed by atoms with E-state index in [9.17, 15) is 9.59 Å². The van der Waals surface area contributed by atoms with Crippen LogP contribution >= 0.6 is 0 Å². The fraction of sp³-hybridized carbons (Fsp3) is 0.214. The van der Waals surface area contributed by atoms with E-state index in [1.165, 1.54) is 0 Å². The summed E-state index contributed by atoms with van der Waals surface area (Å²) >= 11 is 0. The molecule has 5 aromatic rings. The maximum absolute atomic E-state index is 13.2. The van der Waals surface area contributed by atoms with Gasteiger partial charge in [-0.25, -0.2) is 9.67 Å². The molecule has 3 N–H and O–H groups in total. The van der Waals surface area contributed by atoms with E-state index in [0.29, 0.717) is 34.7 Å². The van der Waals surface area contributed by atoms with Gasteiger partial charge in [-0.05, 0) is 63.6 Å². The lowest BCUT2D eigenvalue weighted by molar-refractivity contribution is 0.0945. The van der Waals surface area contributed by atoms with Crippen molar-refractivity contribution in [2.24, 2.45) is 0 Å². The van der Waals surface area contributed by atoms with E-state index in [2.05, 4.69) is 25.7 Å². The van der Waals surface area contributed by atoms with Crippen molar-refractivity contribution in [3.8, 4) is 0 Å². The number of aromatic nitrogens is 4. The first kappa shape index (κ1) is 23.3. The number of nitrogens with one attached hydrogen (secondary N) is 3. The highest BCUT2D eigenvalue weighted by atomic mass is 16.2. The topological polar surface area (TPSA) is 105 Å². The molecular weight excluding hydrogens is 452 g/mol. The first-order chi connectivity index (χ1) is 17.2. The third-order valence-corrected chi connectivity index (χ3v) is 6.05. The van der Waals surface area contributed by atoms with Gasteiger partial charge in [0.05, 0.1) is 10.9 Å². The van der Waals surface area contributed by atoms with Crippen LogP contribution in [0.3, 0.4) is 0 Å². The number of para-hydroxylation sites is 1. The fourth-order valence-electron chi connectivity index (χ4n) is 4.13. The van der Waals surface area contributed by atoms with E-state index >= 15 is 0 Å². The van der Waals surface area contributed by atoms with Crippen LogP contribution in [0.15, 0.2) is 66.9 Å². The molecule has 0 aliphatic heterocycles. The highest BCUT2D eigenvalue weighted by Gasteiger charge is 2.25. The number of nitrogens with zero attached hydrogens (tertiary/aromatic N) is 3. The van der Waals surface area contributed by atoms with Gasteiger partial charge in [0, 0.05) is 29.2 Å². The number of fused-ring (bicyclic) bond motifs is 2. The molecule has 0 unspecified atom stereocenters. The predicted octanol–water partition coefficient (Wildman–Crippen LogP) is 5.16. The summed E-state index contributed by atoms with van der Waals surface area (Å²) in [6.45, 7) is 8.31. The van der Waals surface area contributed by atoms with Gasteiger partial charge in [-0.1, -0.05) is 35.9 Å². The number of hydrogen-bond acceptors (Lipinski definition) is 4. The lowest BCUT2D eigenvalue weighted by atomic mass is 10.1. The molecule has 0 saturated heterocycles. The second-order valence-corrected chi connectivity index (χ2v) is 9.86. The number of amides is 2. The zero-order chi connectivity index (χ0) is 25.4. The molecule has 0 bridgehead atoms. The molecule has 0 radical (unpaired) electrons. The summed E-state index contributed by atoms with van der Waals surface area (Å²) in [5, 5.41) is 12.2. The monoisotopic (exact) mass is 480 g/mol. The van der Waals surface area contributed by atoms with E-state index in [-0.39, 0.29) is 11.8 Å². The number of benzene rings is 2. The van der Waals surface area contributed by atoms with Crippen LogP contribution in [0.25, 0.3) is 21.9 Å². The largest absolute Gasteiger partial charge is 0.361 e. The Balaban J connectivity index is 1.43. The molecule has 2 aromatic carbocycles. The Morgan fingerprint density at radius 2 is 1.69 bits per heavy atom. The Bertz CT molecular complexity index is 1590. The van der Waals surface area contributed by atoms with Crippen LogP contribution in [-0.2, 0) is 12.1 Å². The number of H-pyrrole nitrogens is 1. The van der Waals surface area contributed by atoms with E-state index < -0.39 is 5.54 Å². The average molecular weight is 481 g/mol. The van der Waals surface area contributed by atoms with Crippen LogP contribution in [0, 0.1) is 6.92 Å². The zero-order valence-corrected chi connectivity index (χ0v) is 20.7. The van der Waals surface area contributed by atoms with Crippen molar-refractivity contribution in [1.82, 2.24) is 25.1 Å². The Kier molecular flexibility index (Phi) is 5.80. The molecule has 3 aromatic heterocycles. The molecule has 8 nitrogen and oxygen atoms in total. The molecule has 0 fully saturated rings. The van der Waals surface area contributed by atoms with Gasteiger partial charge < -0.3 is 15.6 Å². The van der Waals surface area contributed by atoms with Gasteiger partial charge in [-0.15, -0.1) is 0 Å². The Hall–Kier alpha value is -4.46. The lowest BCUT2D eigenvalue weighted by Crippen LogP contribution is -2.26. The second-order valence-electron chi connectivity index (χ2n) is 9.86. The Labute approximate surface area is 208 Å². The van der Waals surface area contributed by atoms with Crippen LogP contribution in [0.1, 0.15) is 52.7 Å². The molecule has 8 heteroatoms. The summed E-state index contributed by atoms with van der Waals surface area (Å²) in [4.78, 5) is 33.8. The molecule has 0 aliphatic carbocycles. The summed E-state index contributed by atoms with van der Waals surface area (Å²) in [5.41, 5.74) is 4.04. The third kappa shape index (κ3) is 4.45. The molecule has 3 heterocycles. The van der Waals surface area contributed by atoms with Crippen molar-refractivity contribution in [3.05, 3.63) is 89.2 Å². The van der Waals surface area contributed by atoms with Crippen LogP contribution in [0.2, 0.25) is 0 Å². The molecule has 2 amide bonds. The summed E-state index contributed by atoms with van der Waals surface area (Å²) in [6, 6.07) is 18.8. The van der Waals surface area contributed by atoms with Gasteiger partial charge in [0.2, 0.25) is 0 Å². The predicted molar refractivity (Wildman–Crippen MR) is 141 cm³/mol. The van der Waals surface area contributed by atoms with Gasteiger partial charge in [0.1, 0.15) is 5.82 Å². The van der Waals surface area contributed by atoms with Crippen molar-refractivity contribution in [3.63, 3.8) is 0 Å². The quantitative estimate of drug-likeness (QED) is 0.323. The van der Waals surface area contributed by atoms with Crippen molar-refractivity contribution in [2.45, 2.75) is 39.8 Å². The normalized spacial score (nSPS) is 11.7. The van der Waals surface area contributed by atoms with E-state index in [1.807, 2.05) is 70.3 Å². The Morgan fingerprint density at radius 1 is 0.944 bits per heavy atom. The van der Waals surface area contributed by atoms with E-state index in [4.69, 9.17) is 0 Å². The molecule has 5 rings (SSSR count). The van der Waals surface area contributed by atoms with Gasteiger partial charge in [0.15, 0.2) is 11.3 Å². The van der Waals surface area contributed by atoms with Crippen molar-refractivity contribution in [1.29, 1.82) is 0 Å². The second kappa shape index (κ2) is 8.96. The van der Waals surface area contributed by atoms with E-state index in [0.717, 1.165) is 22.0 Å². The first-order valence-corrected chi connectivity index (χ1v) is 11.8. The third-order valence-electron chi connectivity index (χ3n) is 6.05. The molecule has 0 saturated carbocycles. The summed E-state index contributed by atoms with van der Waals surface area (Å²) in [5.74, 6) is -0.142. The van der Waals surface area contributed by atoms with E-state index in [1.54, 1.807) is 28.9 Å². The van der Waals surface area contributed by atoms with Crippen LogP contribution in [0.5, 0.6) is 0 Å². The maximum atomic E-state index is 13.2.